The molecule has 0 fully saturated rings. The number of aliphatic carboxylic acids is 1. The minimum Gasteiger partial charge on any atom is -0.481 e. The van der Waals surface area contributed by atoms with Crippen molar-refractivity contribution in [2.75, 3.05) is 0 Å². The summed E-state index contributed by atoms with van der Waals surface area (Å²) in [6.07, 6.45) is 4.60. The van der Waals surface area contributed by atoms with E-state index in [0.717, 1.165) is 18.5 Å². The zero-order valence-electron chi connectivity index (χ0n) is 9.92. The van der Waals surface area contributed by atoms with Gasteiger partial charge in [0.2, 0.25) is 0 Å². The Morgan fingerprint density at radius 3 is 2.62 bits per heavy atom. The number of H-pyrrole nitrogens is 1. The first-order chi connectivity index (χ1) is 7.59. The molecule has 2 rings (SSSR count). The predicted molar refractivity (Wildman–Crippen MR) is 62.6 cm³/mol. The topological polar surface area (TPSA) is 53.1 Å². The van der Waals surface area contributed by atoms with Crippen LogP contribution in [0.3, 0.4) is 0 Å². The van der Waals surface area contributed by atoms with Gasteiger partial charge < -0.3 is 10.1 Å². The smallest absolute Gasteiger partial charge is 0.312 e. The molecule has 1 aromatic rings. The van der Waals surface area contributed by atoms with Crippen LogP contribution in [-0.2, 0) is 17.6 Å². The molecule has 3 nitrogen and oxygen atoms in total. The van der Waals surface area contributed by atoms with E-state index in [2.05, 4.69) is 11.1 Å². The van der Waals surface area contributed by atoms with Crippen molar-refractivity contribution in [1.29, 1.82) is 0 Å². The van der Waals surface area contributed by atoms with E-state index in [9.17, 15) is 9.90 Å². The SMILES string of the molecule is CC(C)C(C(=O)O)c1cc2c([nH]1)CCCC2. The van der Waals surface area contributed by atoms with Crippen LogP contribution in [0.5, 0.6) is 0 Å². The van der Waals surface area contributed by atoms with Gasteiger partial charge in [0, 0.05) is 11.4 Å². The number of hydrogen-bond donors (Lipinski definition) is 2. The Morgan fingerprint density at radius 1 is 1.38 bits per heavy atom. The molecule has 1 aromatic heterocycles. The van der Waals surface area contributed by atoms with Crippen molar-refractivity contribution in [2.45, 2.75) is 45.4 Å². The summed E-state index contributed by atoms with van der Waals surface area (Å²) >= 11 is 0. The summed E-state index contributed by atoms with van der Waals surface area (Å²) < 4.78 is 0. The average Bonchev–Trinajstić information content (AvgIpc) is 2.58. The van der Waals surface area contributed by atoms with Crippen LogP contribution in [0.15, 0.2) is 6.07 Å². The largest absolute Gasteiger partial charge is 0.481 e. The van der Waals surface area contributed by atoms with Gasteiger partial charge in [-0.2, -0.15) is 0 Å². The summed E-state index contributed by atoms with van der Waals surface area (Å²) in [5.74, 6) is -1.00. The molecule has 88 valence electrons. The molecule has 1 unspecified atom stereocenters. The van der Waals surface area contributed by atoms with E-state index in [0.29, 0.717) is 0 Å². The Morgan fingerprint density at radius 2 is 2.06 bits per heavy atom. The van der Waals surface area contributed by atoms with Crippen LogP contribution in [0.4, 0.5) is 0 Å². The zero-order chi connectivity index (χ0) is 11.7. The van der Waals surface area contributed by atoms with Crippen LogP contribution in [0.1, 0.15) is 49.6 Å². The number of carboxylic acid groups (broad SMARTS) is 1. The van der Waals surface area contributed by atoms with Crippen LogP contribution in [0, 0.1) is 5.92 Å². The maximum absolute atomic E-state index is 11.2. The molecule has 1 atom stereocenters. The molecule has 0 radical (unpaired) electrons. The lowest BCUT2D eigenvalue weighted by atomic mass is 9.92. The first-order valence-electron chi connectivity index (χ1n) is 6.03. The summed E-state index contributed by atoms with van der Waals surface area (Å²) in [4.78, 5) is 14.5. The lowest BCUT2D eigenvalue weighted by Gasteiger charge is -2.14. The highest BCUT2D eigenvalue weighted by Crippen LogP contribution is 2.29. The lowest BCUT2D eigenvalue weighted by Crippen LogP contribution is -2.17. The van der Waals surface area contributed by atoms with Gasteiger partial charge in [0.25, 0.3) is 0 Å². The highest BCUT2D eigenvalue weighted by Gasteiger charge is 2.26. The normalized spacial score (nSPS) is 17.2. The summed E-state index contributed by atoms with van der Waals surface area (Å²) in [5.41, 5.74) is 3.47. The molecule has 2 N–H and O–H groups in total. The maximum Gasteiger partial charge on any atom is 0.312 e. The molecule has 0 bridgehead atoms. The molecule has 0 amide bonds. The van der Waals surface area contributed by atoms with Crippen molar-refractivity contribution in [3.05, 3.63) is 23.0 Å². The van der Waals surface area contributed by atoms with Crippen molar-refractivity contribution in [2.24, 2.45) is 5.92 Å². The molecule has 1 aliphatic rings. The van der Waals surface area contributed by atoms with E-state index >= 15 is 0 Å². The number of rotatable bonds is 3. The number of aromatic nitrogens is 1. The Balaban J connectivity index is 2.31. The summed E-state index contributed by atoms with van der Waals surface area (Å²) in [7, 11) is 0. The highest BCUT2D eigenvalue weighted by atomic mass is 16.4. The molecular formula is C13H19NO2. The Labute approximate surface area is 95.9 Å². The second-order valence-electron chi connectivity index (χ2n) is 5.00. The fourth-order valence-electron chi connectivity index (χ4n) is 2.57. The molecule has 0 spiro atoms. The number of hydrogen-bond acceptors (Lipinski definition) is 1. The molecule has 1 aliphatic carbocycles. The van der Waals surface area contributed by atoms with Crippen molar-refractivity contribution in [1.82, 2.24) is 4.98 Å². The zero-order valence-corrected chi connectivity index (χ0v) is 9.92. The Bertz CT molecular complexity index is 369. The van der Waals surface area contributed by atoms with E-state index in [1.54, 1.807) is 0 Å². The van der Waals surface area contributed by atoms with Gasteiger partial charge in [-0.1, -0.05) is 13.8 Å². The lowest BCUT2D eigenvalue weighted by molar-refractivity contribution is -0.139. The standard InChI is InChI=1S/C13H19NO2/c1-8(2)12(13(15)16)11-7-9-5-3-4-6-10(9)14-11/h7-8,12,14H,3-6H2,1-2H3,(H,15,16). The van der Waals surface area contributed by atoms with Crippen LogP contribution in [-0.4, -0.2) is 16.1 Å². The second-order valence-corrected chi connectivity index (χ2v) is 5.00. The fourth-order valence-corrected chi connectivity index (χ4v) is 2.57. The first-order valence-corrected chi connectivity index (χ1v) is 6.03. The average molecular weight is 221 g/mol. The summed E-state index contributed by atoms with van der Waals surface area (Å²) in [6, 6.07) is 2.06. The van der Waals surface area contributed by atoms with Crippen molar-refractivity contribution < 1.29 is 9.90 Å². The van der Waals surface area contributed by atoms with Crippen molar-refractivity contribution >= 4 is 5.97 Å². The highest BCUT2D eigenvalue weighted by molar-refractivity contribution is 5.76. The third-order valence-corrected chi connectivity index (χ3v) is 3.40. The van der Waals surface area contributed by atoms with Gasteiger partial charge >= 0.3 is 5.97 Å². The van der Waals surface area contributed by atoms with E-state index < -0.39 is 11.9 Å². The van der Waals surface area contributed by atoms with Gasteiger partial charge in [-0.3, -0.25) is 4.79 Å². The quantitative estimate of drug-likeness (QED) is 0.824. The van der Waals surface area contributed by atoms with E-state index in [-0.39, 0.29) is 5.92 Å². The molecule has 3 heteroatoms. The van der Waals surface area contributed by atoms with Crippen LogP contribution >= 0.6 is 0 Å². The molecule has 0 saturated heterocycles. The maximum atomic E-state index is 11.2. The monoisotopic (exact) mass is 221 g/mol. The Kier molecular flexibility index (Phi) is 3.03. The third-order valence-electron chi connectivity index (χ3n) is 3.40. The molecule has 0 saturated carbocycles. The second kappa shape index (κ2) is 4.32. The number of fused-ring (bicyclic) bond motifs is 1. The summed E-state index contributed by atoms with van der Waals surface area (Å²) in [6.45, 7) is 3.91. The van der Waals surface area contributed by atoms with Gasteiger partial charge in [0.1, 0.15) is 0 Å². The fraction of sp³-hybridized carbons (Fsp3) is 0.615. The number of aryl methyl sites for hydroxylation is 2. The molecular weight excluding hydrogens is 202 g/mol. The van der Waals surface area contributed by atoms with Crippen LogP contribution in [0.2, 0.25) is 0 Å². The van der Waals surface area contributed by atoms with Crippen LogP contribution < -0.4 is 0 Å². The number of carbonyl (C=O) groups is 1. The predicted octanol–water partition coefficient (Wildman–Crippen LogP) is 2.72. The van der Waals surface area contributed by atoms with Gasteiger partial charge in [0.15, 0.2) is 0 Å². The van der Waals surface area contributed by atoms with E-state index in [1.165, 1.54) is 24.1 Å². The Hall–Kier alpha value is -1.25. The minimum atomic E-state index is -0.728. The van der Waals surface area contributed by atoms with Crippen LogP contribution in [0.25, 0.3) is 0 Å². The third kappa shape index (κ3) is 1.99. The number of nitrogens with one attached hydrogen (secondary N) is 1. The van der Waals surface area contributed by atoms with Crippen molar-refractivity contribution in [3.63, 3.8) is 0 Å². The molecule has 0 aliphatic heterocycles. The minimum absolute atomic E-state index is 0.123. The van der Waals surface area contributed by atoms with Gasteiger partial charge in [-0.15, -0.1) is 0 Å². The van der Waals surface area contributed by atoms with Gasteiger partial charge in [-0.05, 0) is 43.2 Å². The van der Waals surface area contributed by atoms with E-state index in [4.69, 9.17) is 0 Å². The van der Waals surface area contributed by atoms with E-state index in [1.807, 2.05) is 13.8 Å². The number of aromatic amines is 1. The number of carboxylic acids is 1. The van der Waals surface area contributed by atoms with Crippen molar-refractivity contribution in [3.8, 4) is 0 Å². The molecule has 0 aromatic carbocycles. The molecule has 16 heavy (non-hydrogen) atoms. The first kappa shape index (κ1) is 11.2. The summed E-state index contributed by atoms with van der Waals surface area (Å²) in [5, 5.41) is 9.24. The van der Waals surface area contributed by atoms with Gasteiger partial charge in [0.05, 0.1) is 5.92 Å². The van der Waals surface area contributed by atoms with Gasteiger partial charge in [-0.25, -0.2) is 0 Å². The molecule has 1 heterocycles.